The van der Waals surface area contributed by atoms with Crippen LogP contribution in [0.3, 0.4) is 0 Å². The molecule has 0 saturated heterocycles. The highest BCUT2D eigenvalue weighted by Gasteiger charge is 2.03. The van der Waals surface area contributed by atoms with Gasteiger partial charge >= 0.3 is 0 Å². The molecule has 0 unspecified atom stereocenters. The van der Waals surface area contributed by atoms with Gasteiger partial charge in [0.05, 0.1) is 6.61 Å². The summed E-state index contributed by atoms with van der Waals surface area (Å²) in [5.41, 5.74) is 0.357. The first-order valence-corrected chi connectivity index (χ1v) is 4.75. The lowest BCUT2D eigenvalue weighted by atomic mass is 10.4. The topological polar surface area (TPSA) is 55.1 Å². The Hall–Kier alpha value is -1.12. The van der Waals surface area contributed by atoms with Crippen molar-refractivity contribution in [1.82, 2.24) is 4.98 Å². The molecular weight excluding hydrogens is 248 g/mol. The predicted octanol–water partition coefficient (Wildman–Crippen LogP) is 1.74. The van der Waals surface area contributed by atoms with Crippen LogP contribution in [0.4, 0.5) is 0 Å². The molecule has 0 bridgehead atoms. The Morgan fingerprint density at radius 1 is 1.50 bits per heavy atom. The van der Waals surface area contributed by atoms with E-state index in [0.717, 1.165) is 0 Å². The molecule has 1 rings (SSSR count). The maximum atomic E-state index is 8.57. The van der Waals surface area contributed by atoms with Crippen molar-refractivity contribution in [3.8, 4) is 11.8 Å². The summed E-state index contributed by atoms with van der Waals surface area (Å²) in [7, 11) is 1.61. The van der Waals surface area contributed by atoms with Gasteiger partial charge in [-0.05, 0) is 28.1 Å². The Morgan fingerprint density at radius 2 is 2.29 bits per heavy atom. The zero-order chi connectivity index (χ0) is 10.4. The number of aromatic nitrogens is 1. The van der Waals surface area contributed by atoms with Crippen molar-refractivity contribution in [2.75, 3.05) is 20.3 Å². The second kappa shape index (κ2) is 5.58. The first kappa shape index (κ1) is 11.0. The van der Waals surface area contributed by atoms with Gasteiger partial charge in [0, 0.05) is 7.11 Å². The predicted molar refractivity (Wildman–Crippen MR) is 54.0 cm³/mol. The number of nitrogens with zero attached hydrogens (tertiary/aromatic N) is 2. The average Bonchev–Trinajstić information content (AvgIpc) is 2.20. The van der Waals surface area contributed by atoms with Crippen LogP contribution < -0.4 is 4.74 Å². The summed E-state index contributed by atoms with van der Waals surface area (Å²) in [5, 5.41) is 8.57. The maximum absolute atomic E-state index is 8.57. The molecule has 0 aliphatic carbocycles. The quantitative estimate of drug-likeness (QED) is 0.609. The van der Waals surface area contributed by atoms with E-state index in [4.69, 9.17) is 14.7 Å². The minimum Gasteiger partial charge on any atom is -0.488 e. The fourth-order valence-corrected chi connectivity index (χ4v) is 1.26. The van der Waals surface area contributed by atoms with E-state index in [-0.39, 0.29) is 0 Å². The largest absolute Gasteiger partial charge is 0.488 e. The SMILES string of the molecule is COCCOc1ccc(C#N)nc1Br. The molecule has 0 amide bonds. The smallest absolute Gasteiger partial charge is 0.152 e. The standard InChI is InChI=1S/C9H9BrN2O2/c1-13-4-5-14-8-3-2-7(6-11)12-9(8)10/h2-3H,4-5H2,1H3. The van der Waals surface area contributed by atoms with Gasteiger partial charge in [-0.2, -0.15) is 5.26 Å². The highest BCUT2D eigenvalue weighted by atomic mass is 79.9. The van der Waals surface area contributed by atoms with E-state index in [1.807, 2.05) is 6.07 Å². The summed E-state index contributed by atoms with van der Waals surface area (Å²) in [6.45, 7) is 0.981. The third-order valence-electron chi connectivity index (χ3n) is 1.47. The number of hydrogen-bond donors (Lipinski definition) is 0. The van der Waals surface area contributed by atoms with Crippen LogP contribution in [0.2, 0.25) is 0 Å². The molecule has 5 heteroatoms. The van der Waals surface area contributed by atoms with Crippen LogP contribution in [0, 0.1) is 11.3 Å². The third-order valence-corrected chi connectivity index (χ3v) is 2.04. The molecule has 74 valence electrons. The lowest BCUT2D eigenvalue weighted by molar-refractivity contribution is 0.145. The second-order valence-corrected chi connectivity index (χ2v) is 3.19. The molecule has 1 heterocycles. The maximum Gasteiger partial charge on any atom is 0.152 e. The first-order valence-electron chi connectivity index (χ1n) is 3.96. The molecule has 0 atom stereocenters. The highest BCUT2D eigenvalue weighted by Crippen LogP contribution is 2.22. The summed E-state index contributed by atoms with van der Waals surface area (Å²) in [4.78, 5) is 3.96. The third kappa shape index (κ3) is 2.98. The number of rotatable bonds is 4. The van der Waals surface area contributed by atoms with Crippen LogP contribution in [0.25, 0.3) is 0 Å². The summed E-state index contributed by atoms with van der Waals surface area (Å²) in [6.07, 6.45) is 0. The van der Waals surface area contributed by atoms with Crippen LogP contribution in [0.1, 0.15) is 5.69 Å². The number of hydrogen-bond acceptors (Lipinski definition) is 4. The molecule has 0 aliphatic rings. The molecule has 14 heavy (non-hydrogen) atoms. The van der Waals surface area contributed by atoms with Gasteiger partial charge in [0.25, 0.3) is 0 Å². The monoisotopic (exact) mass is 256 g/mol. The van der Waals surface area contributed by atoms with Crippen molar-refractivity contribution in [2.45, 2.75) is 0 Å². The van der Waals surface area contributed by atoms with Gasteiger partial charge in [-0.3, -0.25) is 0 Å². The summed E-state index contributed by atoms with van der Waals surface area (Å²) in [6, 6.07) is 5.24. The molecule has 0 aliphatic heterocycles. The minimum atomic E-state index is 0.357. The molecule has 1 aromatic heterocycles. The first-order chi connectivity index (χ1) is 6.77. The molecular formula is C9H9BrN2O2. The Balaban J connectivity index is 2.65. The zero-order valence-corrected chi connectivity index (χ0v) is 9.24. The van der Waals surface area contributed by atoms with Gasteiger partial charge in [0.1, 0.15) is 23.0 Å². The van der Waals surface area contributed by atoms with Crippen molar-refractivity contribution in [3.05, 3.63) is 22.4 Å². The van der Waals surface area contributed by atoms with E-state index >= 15 is 0 Å². The van der Waals surface area contributed by atoms with Crippen LogP contribution in [-0.4, -0.2) is 25.3 Å². The molecule has 1 aromatic rings. The van der Waals surface area contributed by atoms with Gasteiger partial charge in [0.15, 0.2) is 5.75 Å². The number of halogens is 1. The van der Waals surface area contributed by atoms with E-state index in [9.17, 15) is 0 Å². The Labute approximate surface area is 90.6 Å². The number of methoxy groups -OCH3 is 1. The Bertz CT molecular complexity index is 349. The van der Waals surface area contributed by atoms with Crippen molar-refractivity contribution in [1.29, 1.82) is 5.26 Å². The Kier molecular flexibility index (Phi) is 4.36. The average molecular weight is 257 g/mol. The van der Waals surface area contributed by atoms with E-state index < -0.39 is 0 Å². The van der Waals surface area contributed by atoms with Crippen molar-refractivity contribution < 1.29 is 9.47 Å². The Morgan fingerprint density at radius 3 is 2.86 bits per heavy atom. The van der Waals surface area contributed by atoms with E-state index in [0.29, 0.717) is 29.3 Å². The molecule has 4 nitrogen and oxygen atoms in total. The van der Waals surface area contributed by atoms with E-state index in [1.54, 1.807) is 19.2 Å². The van der Waals surface area contributed by atoms with Crippen molar-refractivity contribution in [2.24, 2.45) is 0 Å². The van der Waals surface area contributed by atoms with Gasteiger partial charge in [-0.1, -0.05) is 0 Å². The van der Waals surface area contributed by atoms with Gasteiger partial charge < -0.3 is 9.47 Å². The van der Waals surface area contributed by atoms with Crippen LogP contribution in [-0.2, 0) is 4.74 Å². The summed E-state index contributed by atoms with van der Waals surface area (Å²) >= 11 is 3.21. The van der Waals surface area contributed by atoms with E-state index in [2.05, 4.69) is 20.9 Å². The molecule has 0 fully saturated rings. The molecule has 0 aromatic carbocycles. The lowest BCUT2D eigenvalue weighted by Gasteiger charge is -2.06. The zero-order valence-electron chi connectivity index (χ0n) is 7.66. The molecule has 0 radical (unpaired) electrons. The van der Waals surface area contributed by atoms with Crippen molar-refractivity contribution >= 4 is 15.9 Å². The number of ether oxygens (including phenoxy) is 2. The number of nitriles is 1. The van der Waals surface area contributed by atoms with Gasteiger partial charge in [-0.15, -0.1) is 0 Å². The highest BCUT2D eigenvalue weighted by molar-refractivity contribution is 9.10. The normalized spacial score (nSPS) is 9.50. The van der Waals surface area contributed by atoms with Gasteiger partial charge in [0.2, 0.25) is 0 Å². The summed E-state index contributed by atoms with van der Waals surface area (Å²) in [5.74, 6) is 0.612. The fourth-order valence-electron chi connectivity index (χ4n) is 0.826. The molecule has 0 spiro atoms. The van der Waals surface area contributed by atoms with Crippen molar-refractivity contribution in [3.63, 3.8) is 0 Å². The second-order valence-electron chi connectivity index (χ2n) is 2.44. The van der Waals surface area contributed by atoms with Crippen LogP contribution in [0.5, 0.6) is 5.75 Å². The minimum absolute atomic E-state index is 0.357. The molecule has 0 saturated carbocycles. The van der Waals surface area contributed by atoms with E-state index in [1.165, 1.54) is 0 Å². The lowest BCUT2D eigenvalue weighted by Crippen LogP contribution is -2.05. The van der Waals surface area contributed by atoms with Gasteiger partial charge in [-0.25, -0.2) is 4.98 Å². The van der Waals surface area contributed by atoms with Crippen LogP contribution in [0.15, 0.2) is 16.7 Å². The summed E-state index contributed by atoms with van der Waals surface area (Å²) < 4.78 is 10.7. The van der Waals surface area contributed by atoms with Crippen LogP contribution >= 0.6 is 15.9 Å². The molecule has 0 N–H and O–H groups in total. The fraction of sp³-hybridized carbons (Fsp3) is 0.333. The number of pyridine rings is 1.